The van der Waals surface area contributed by atoms with Gasteiger partial charge in [0.25, 0.3) is 0 Å². The minimum atomic E-state index is 0.455. The molecule has 0 radical (unpaired) electrons. The molecule has 0 heterocycles. The lowest BCUT2D eigenvalue weighted by Crippen LogP contribution is -2.32. The molecule has 3 rings (SSSR count). The molecule has 0 aromatic carbocycles. The van der Waals surface area contributed by atoms with Crippen LogP contribution in [0.2, 0.25) is 0 Å². The van der Waals surface area contributed by atoms with Crippen LogP contribution in [0.4, 0.5) is 0 Å². The molecule has 0 unspecified atom stereocenters. The molecule has 14 heavy (non-hydrogen) atoms. The predicted molar refractivity (Wildman–Crippen MR) is 60.0 cm³/mol. The van der Waals surface area contributed by atoms with Gasteiger partial charge in [-0.05, 0) is 31.3 Å². The van der Waals surface area contributed by atoms with E-state index < -0.39 is 0 Å². The van der Waals surface area contributed by atoms with Crippen LogP contribution in [0.15, 0.2) is 47.6 Å². The van der Waals surface area contributed by atoms with Gasteiger partial charge in [0.05, 0.1) is 0 Å². The molecule has 0 aromatic heterocycles. The quantitative estimate of drug-likeness (QED) is 0.610. The summed E-state index contributed by atoms with van der Waals surface area (Å²) in [7, 11) is 0. The first-order valence-electron chi connectivity index (χ1n) is 5.65. The minimum Gasteiger partial charge on any atom is -0.0804 e. The average Bonchev–Trinajstić information content (AvgIpc) is 2.71. The molecule has 3 aliphatic carbocycles. The number of rotatable bonds is 2. The summed E-state index contributed by atoms with van der Waals surface area (Å²) in [6.45, 7) is 0. The molecule has 0 aromatic rings. The van der Waals surface area contributed by atoms with Gasteiger partial charge in [-0.3, -0.25) is 0 Å². The van der Waals surface area contributed by atoms with Crippen molar-refractivity contribution in [1.29, 1.82) is 0 Å². The lowest BCUT2D eigenvalue weighted by atomic mass is 9.59. The minimum absolute atomic E-state index is 0.455. The van der Waals surface area contributed by atoms with Gasteiger partial charge in [-0.1, -0.05) is 48.5 Å². The number of hydrogen-bond acceptors (Lipinski definition) is 0. The van der Waals surface area contributed by atoms with Crippen molar-refractivity contribution in [1.82, 2.24) is 0 Å². The van der Waals surface area contributed by atoms with E-state index in [1.165, 1.54) is 25.7 Å². The predicted octanol–water partition coefficient (Wildman–Crippen LogP) is 3.93. The van der Waals surface area contributed by atoms with E-state index in [0.29, 0.717) is 5.41 Å². The third-order valence-electron chi connectivity index (χ3n) is 3.92. The second-order valence-corrected chi connectivity index (χ2v) is 4.56. The highest BCUT2D eigenvalue weighted by molar-refractivity contribution is 5.45. The second kappa shape index (κ2) is 2.98. The van der Waals surface area contributed by atoms with E-state index in [4.69, 9.17) is 0 Å². The molecule has 0 amide bonds. The Labute approximate surface area is 85.7 Å². The van der Waals surface area contributed by atoms with E-state index in [-0.39, 0.29) is 0 Å². The number of hydrogen-bond donors (Lipinski definition) is 0. The summed E-state index contributed by atoms with van der Waals surface area (Å²) in [5, 5.41) is 0. The monoisotopic (exact) mass is 184 g/mol. The Morgan fingerprint density at radius 2 is 2.07 bits per heavy atom. The second-order valence-electron chi connectivity index (χ2n) is 4.56. The molecule has 0 N–H and O–H groups in total. The van der Waals surface area contributed by atoms with Crippen molar-refractivity contribution >= 4 is 0 Å². The molecule has 0 saturated heterocycles. The van der Waals surface area contributed by atoms with E-state index in [1.54, 1.807) is 11.1 Å². The fourth-order valence-electron chi connectivity index (χ4n) is 2.94. The highest BCUT2D eigenvalue weighted by Gasteiger charge is 2.42. The molecule has 0 atom stereocenters. The van der Waals surface area contributed by atoms with Crippen LogP contribution in [-0.2, 0) is 0 Å². The zero-order valence-electron chi connectivity index (χ0n) is 8.50. The summed E-state index contributed by atoms with van der Waals surface area (Å²) in [6, 6.07) is 0. The smallest absolute Gasteiger partial charge is 0.0165 e. The van der Waals surface area contributed by atoms with E-state index >= 15 is 0 Å². The maximum absolute atomic E-state index is 2.42. The molecule has 72 valence electrons. The summed E-state index contributed by atoms with van der Waals surface area (Å²) in [5.41, 5.74) is 3.71. The Morgan fingerprint density at radius 3 is 2.57 bits per heavy atom. The molecule has 0 bridgehead atoms. The Morgan fingerprint density at radius 1 is 1.14 bits per heavy atom. The van der Waals surface area contributed by atoms with Gasteiger partial charge in [0.1, 0.15) is 0 Å². The van der Waals surface area contributed by atoms with Crippen molar-refractivity contribution in [2.75, 3.05) is 0 Å². The van der Waals surface area contributed by atoms with Crippen LogP contribution in [0.3, 0.4) is 0 Å². The van der Waals surface area contributed by atoms with Crippen molar-refractivity contribution in [3.8, 4) is 0 Å². The van der Waals surface area contributed by atoms with E-state index in [1.807, 2.05) is 0 Å². The molecular formula is C14H16. The maximum Gasteiger partial charge on any atom is 0.0165 e. The fourth-order valence-corrected chi connectivity index (χ4v) is 2.94. The Bertz CT molecular complexity index is 359. The van der Waals surface area contributed by atoms with Gasteiger partial charge in [0.2, 0.25) is 0 Å². The van der Waals surface area contributed by atoms with Gasteiger partial charge in [-0.2, -0.15) is 0 Å². The van der Waals surface area contributed by atoms with Gasteiger partial charge >= 0.3 is 0 Å². The van der Waals surface area contributed by atoms with Crippen LogP contribution in [-0.4, -0.2) is 0 Å². The Hall–Kier alpha value is -1.04. The summed E-state index contributed by atoms with van der Waals surface area (Å²) in [5.74, 6) is 0. The normalized spacial score (nSPS) is 27.4. The highest BCUT2D eigenvalue weighted by atomic mass is 14.5. The van der Waals surface area contributed by atoms with Gasteiger partial charge in [0.15, 0.2) is 0 Å². The molecule has 1 fully saturated rings. The zero-order chi connectivity index (χ0) is 9.43. The number of allylic oxidation sites excluding steroid dienone is 8. The van der Waals surface area contributed by atoms with Gasteiger partial charge < -0.3 is 0 Å². The van der Waals surface area contributed by atoms with E-state index in [9.17, 15) is 0 Å². The SMILES string of the molecule is C1=CCC(C2(C3=CCC=C3)CCC2)=C1. The maximum atomic E-state index is 2.42. The topological polar surface area (TPSA) is 0 Å². The van der Waals surface area contributed by atoms with E-state index in [0.717, 1.165) is 6.42 Å². The standard InChI is InChI=1S/C14H16/c1-2-7-12(6-1)14(10-5-11-14)13-8-3-4-9-13/h1-3,6,8-9H,4-5,7,10-11H2. The largest absolute Gasteiger partial charge is 0.0804 e. The van der Waals surface area contributed by atoms with Crippen LogP contribution in [0.1, 0.15) is 32.1 Å². The first kappa shape index (κ1) is 8.28. The first-order valence-corrected chi connectivity index (χ1v) is 5.65. The third kappa shape index (κ3) is 1.00. The van der Waals surface area contributed by atoms with Crippen LogP contribution in [0.5, 0.6) is 0 Å². The highest BCUT2D eigenvalue weighted by Crippen LogP contribution is 2.55. The van der Waals surface area contributed by atoms with Crippen LogP contribution in [0, 0.1) is 5.41 Å². The zero-order valence-corrected chi connectivity index (χ0v) is 8.50. The van der Waals surface area contributed by atoms with Gasteiger partial charge in [-0.15, -0.1) is 0 Å². The van der Waals surface area contributed by atoms with Crippen molar-refractivity contribution < 1.29 is 0 Å². The molecule has 1 saturated carbocycles. The van der Waals surface area contributed by atoms with Crippen molar-refractivity contribution in [3.63, 3.8) is 0 Å². The lowest BCUT2D eigenvalue weighted by Gasteiger charge is -2.44. The van der Waals surface area contributed by atoms with Crippen molar-refractivity contribution in [3.05, 3.63) is 47.6 Å². The van der Waals surface area contributed by atoms with Crippen molar-refractivity contribution in [2.24, 2.45) is 5.41 Å². The van der Waals surface area contributed by atoms with Crippen LogP contribution in [0.25, 0.3) is 0 Å². The molecule has 0 spiro atoms. The van der Waals surface area contributed by atoms with Crippen LogP contribution >= 0.6 is 0 Å². The molecule has 3 aliphatic rings. The summed E-state index contributed by atoms with van der Waals surface area (Å²) < 4.78 is 0. The third-order valence-corrected chi connectivity index (χ3v) is 3.92. The Balaban J connectivity index is 1.94. The van der Waals surface area contributed by atoms with Gasteiger partial charge in [-0.25, -0.2) is 0 Å². The van der Waals surface area contributed by atoms with Crippen LogP contribution < -0.4 is 0 Å². The summed E-state index contributed by atoms with van der Waals surface area (Å²) in [4.78, 5) is 0. The summed E-state index contributed by atoms with van der Waals surface area (Å²) >= 11 is 0. The lowest BCUT2D eigenvalue weighted by molar-refractivity contribution is 0.241. The Kier molecular flexibility index (Phi) is 1.76. The average molecular weight is 184 g/mol. The molecular weight excluding hydrogens is 168 g/mol. The molecule has 0 aliphatic heterocycles. The van der Waals surface area contributed by atoms with E-state index in [2.05, 4.69) is 36.5 Å². The molecule has 0 nitrogen and oxygen atoms in total. The fraction of sp³-hybridized carbons (Fsp3) is 0.429. The summed E-state index contributed by atoms with van der Waals surface area (Å²) in [6.07, 6.45) is 20.4. The first-order chi connectivity index (χ1) is 6.92. The molecule has 0 heteroatoms. The van der Waals surface area contributed by atoms with Gasteiger partial charge in [0, 0.05) is 5.41 Å². The van der Waals surface area contributed by atoms with Crippen molar-refractivity contribution in [2.45, 2.75) is 32.1 Å².